The molecule has 13 heavy (non-hydrogen) atoms. The van der Waals surface area contributed by atoms with Gasteiger partial charge in [-0.15, -0.1) is 0 Å². The van der Waals surface area contributed by atoms with Crippen LogP contribution < -0.4 is 0 Å². The van der Waals surface area contributed by atoms with Crippen LogP contribution in [0, 0.1) is 0 Å². The van der Waals surface area contributed by atoms with Crippen LogP contribution in [0.2, 0.25) is 0 Å². The Morgan fingerprint density at radius 1 is 1.31 bits per heavy atom. The van der Waals surface area contributed by atoms with Gasteiger partial charge in [-0.2, -0.15) is 0 Å². The minimum atomic E-state index is 0.129. The van der Waals surface area contributed by atoms with Gasteiger partial charge in [0.15, 0.2) is 0 Å². The van der Waals surface area contributed by atoms with Crippen LogP contribution in [0.15, 0.2) is 35.9 Å². The molecule has 0 aliphatic heterocycles. The van der Waals surface area contributed by atoms with Crippen LogP contribution in [0.4, 0.5) is 0 Å². The van der Waals surface area contributed by atoms with E-state index in [1.54, 1.807) is 6.26 Å². The minimum Gasteiger partial charge on any atom is -0.282 e. The molecule has 0 saturated carbocycles. The zero-order valence-corrected chi connectivity index (χ0v) is 8.60. The summed E-state index contributed by atoms with van der Waals surface area (Å²) in [5.74, 6) is 0. The first-order valence-electron chi connectivity index (χ1n) is 4.05. The SMILES string of the molecule is CSC(=O)/C(C)=C/c1ccccc1. The molecule has 0 heterocycles. The third kappa shape index (κ3) is 3.07. The highest BCUT2D eigenvalue weighted by atomic mass is 32.2. The molecule has 0 unspecified atom stereocenters. The van der Waals surface area contributed by atoms with E-state index in [1.807, 2.05) is 43.3 Å². The van der Waals surface area contributed by atoms with Crippen LogP contribution in [0.1, 0.15) is 12.5 Å². The molecule has 2 heteroatoms. The monoisotopic (exact) mass is 192 g/mol. The van der Waals surface area contributed by atoms with E-state index in [0.29, 0.717) is 0 Å². The van der Waals surface area contributed by atoms with Crippen molar-refractivity contribution in [2.45, 2.75) is 6.92 Å². The van der Waals surface area contributed by atoms with Crippen LogP contribution >= 0.6 is 11.8 Å². The fourth-order valence-corrected chi connectivity index (χ4v) is 1.40. The molecule has 1 aromatic rings. The van der Waals surface area contributed by atoms with Crippen LogP contribution in [0.3, 0.4) is 0 Å². The quantitative estimate of drug-likeness (QED) is 0.670. The molecule has 1 nitrogen and oxygen atoms in total. The summed E-state index contributed by atoms with van der Waals surface area (Å²) < 4.78 is 0. The van der Waals surface area contributed by atoms with Gasteiger partial charge in [0.1, 0.15) is 0 Å². The summed E-state index contributed by atoms with van der Waals surface area (Å²) in [6.07, 6.45) is 3.70. The van der Waals surface area contributed by atoms with Crippen LogP contribution in [0.25, 0.3) is 6.08 Å². The van der Waals surface area contributed by atoms with Gasteiger partial charge in [0.2, 0.25) is 5.12 Å². The van der Waals surface area contributed by atoms with Gasteiger partial charge in [0.25, 0.3) is 0 Å². The van der Waals surface area contributed by atoms with Gasteiger partial charge >= 0.3 is 0 Å². The number of hydrogen-bond donors (Lipinski definition) is 0. The number of carbonyl (C=O) groups is 1. The molecule has 0 saturated heterocycles. The Balaban J connectivity index is 2.83. The summed E-state index contributed by atoms with van der Waals surface area (Å²) in [4.78, 5) is 11.2. The molecule has 68 valence electrons. The molecule has 0 bridgehead atoms. The highest BCUT2D eigenvalue weighted by Crippen LogP contribution is 2.11. The van der Waals surface area contributed by atoms with Gasteiger partial charge in [-0.25, -0.2) is 0 Å². The second kappa shape index (κ2) is 4.87. The number of hydrogen-bond acceptors (Lipinski definition) is 2. The van der Waals surface area contributed by atoms with Gasteiger partial charge in [0, 0.05) is 5.57 Å². The molecular formula is C11H12OS. The number of benzene rings is 1. The molecule has 0 aliphatic carbocycles. The topological polar surface area (TPSA) is 17.1 Å². The fourth-order valence-electron chi connectivity index (χ4n) is 1.02. The average Bonchev–Trinajstić information content (AvgIpc) is 2.18. The standard InChI is InChI=1S/C11H12OS/c1-9(11(12)13-2)8-10-6-4-3-5-7-10/h3-8H,1-2H3/b9-8+. The maximum atomic E-state index is 11.2. The van der Waals surface area contributed by atoms with E-state index in [2.05, 4.69) is 0 Å². The first-order chi connectivity index (χ1) is 6.24. The van der Waals surface area contributed by atoms with E-state index in [-0.39, 0.29) is 5.12 Å². The van der Waals surface area contributed by atoms with E-state index >= 15 is 0 Å². The lowest BCUT2D eigenvalue weighted by Gasteiger charge is -1.96. The molecular weight excluding hydrogens is 180 g/mol. The van der Waals surface area contributed by atoms with Gasteiger partial charge in [0.05, 0.1) is 0 Å². The zero-order chi connectivity index (χ0) is 9.68. The van der Waals surface area contributed by atoms with Crippen molar-refractivity contribution in [1.29, 1.82) is 0 Å². The summed E-state index contributed by atoms with van der Waals surface area (Å²) >= 11 is 1.24. The molecule has 0 aromatic heterocycles. The molecule has 0 aliphatic rings. The average molecular weight is 192 g/mol. The Kier molecular flexibility index (Phi) is 3.77. The number of rotatable bonds is 2. The Morgan fingerprint density at radius 2 is 1.92 bits per heavy atom. The molecule has 0 amide bonds. The zero-order valence-electron chi connectivity index (χ0n) is 7.78. The third-order valence-electron chi connectivity index (χ3n) is 1.69. The summed E-state index contributed by atoms with van der Waals surface area (Å²) in [6.45, 7) is 1.84. The first-order valence-corrected chi connectivity index (χ1v) is 5.28. The van der Waals surface area contributed by atoms with Crippen LogP contribution in [-0.2, 0) is 4.79 Å². The molecule has 1 rings (SSSR count). The van der Waals surface area contributed by atoms with Gasteiger partial charge in [-0.05, 0) is 24.8 Å². The smallest absolute Gasteiger partial charge is 0.214 e. The van der Waals surface area contributed by atoms with Gasteiger partial charge in [-0.1, -0.05) is 42.1 Å². The predicted octanol–water partition coefficient (Wildman–Crippen LogP) is 2.98. The Hall–Kier alpha value is -1.02. The van der Waals surface area contributed by atoms with Crippen molar-refractivity contribution < 1.29 is 4.79 Å². The molecule has 0 spiro atoms. The largest absolute Gasteiger partial charge is 0.282 e. The summed E-state index contributed by atoms with van der Waals surface area (Å²) in [5.41, 5.74) is 1.86. The van der Waals surface area contributed by atoms with E-state index in [1.165, 1.54) is 11.8 Å². The first kappa shape index (κ1) is 10.1. The number of thioether (sulfide) groups is 1. The molecule has 0 fully saturated rings. The highest BCUT2D eigenvalue weighted by Gasteiger charge is 2.00. The van der Waals surface area contributed by atoms with Crippen molar-refractivity contribution in [1.82, 2.24) is 0 Å². The van der Waals surface area contributed by atoms with E-state index in [9.17, 15) is 4.79 Å². The summed E-state index contributed by atoms with van der Waals surface area (Å²) in [6, 6.07) is 9.85. The minimum absolute atomic E-state index is 0.129. The van der Waals surface area contributed by atoms with E-state index in [0.717, 1.165) is 11.1 Å². The van der Waals surface area contributed by atoms with Crippen LogP contribution in [0.5, 0.6) is 0 Å². The summed E-state index contributed by atoms with van der Waals surface area (Å²) in [7, 11) is 0. The predicted molar refractivity (Wildman–Crippen MR) is 58.6 cm³/mol. The molecule has 1 aromatic carbocycles. The molecule has 0 radical (unpaired) electrons. The van der Waals surface area contributed by atoms with Crippen molar-refractivity contribution in [3.63, 3.8) is 0 Å². The number of carbonyl (C=O) groups excluding carboxylic acids is 1. The van der Waals surface area contributed by atoms with E-state index in [4.69, 9.17) is 0 Å². The van der Waals surface area contributed by atoms with Crippen molar-refractivity contribution in [2.24, 2.45) is 0 Å². The Bertz CT molecular complexity index is 314. The summed E-state index contributed by atoms with van der Waals surface area (Å²) in [5, 5.41) is 0.129. The van der Waals surface area contributed by atoms with Crippen molar-refractivity contribution in [3.05, 3.63) is 41.5 Å². The second-order valence-electron chi connectivity index (χ2n) is 2.73. The fraction of sp³-hybridized carbons (Fsp3) is 0.182. The van der Waals surface area contributed by atoms with Crippen molar-refractivity contribution in [2.75, 3.05) is 6.26 Å². The van der Waals surface area contributed by atoms with Crippen LogP contribution in [-0.4, -0.2) is 11.4 Å². The maximum absolute atomic E-state index is 11.2. The van der Waals surface area contributed by atoms with Crippen molar-refractivity contribution >= 4 is 23.0 Å². The van der Waals surface area contributed by atoms with Crippen molar-refractivity contribution in [3.8, 4) is 0 Å². The third-order valence-corrected chi connectivity index (χ3v) is 2.38. The normalized spacial score (nSPS) is 11.4. The van der Waals surface area contributed by atoms with E-state index < -0.39 is 0 Å². The molecule has 0 atom stereocenters. The van der Waals surface area contributed by atoms with Gasteiger partial charge in [-0.3, -0.25) is 4.79 Å². The maximum Gasteiger partial charge on any atom is 0.214 e. The molecule has 0 N–H and O–H groups in total. The Morgan fingerprint density at radius 3 is 2.46 bits per heavy atom. The lowest BCUT2D eigenvalue weighted by atomic mass is 10.1. The highest BCUT2D eigenvalue weighted by molar-refractivity contribution is 8.13. The lowest BCUT2D eigenvalue weighted by Crippen LogP contribution is -1.90. The second-order valence-corrected chi connectivity index (χ2v) is 3.51. The lowest BCUT2D eigenvalue weighted by molar-refractivity contribution is -0.107. The van der Waals surface area contributed by atoms with Gasteiger partial charge < -0.3 is 0 Å². The Labute approximate surface area is 82.9 Å².